The summed E-state index contributed by atoms with van der Waals surface area (Å²) in [6, 6.07) is 10.5. The average molecular weight is 318 g/mol. The molecule has 0 N–H and O–H groups in total. The summed E-state index contributed by atoms with van der Waals surface area (Å²) >= 11 is 19.4. The summed E-state index contributed by atoms with van der Waals surface area (Å²) in [5, 5.41) is 1.67. The van der Waals surface area contributed by atoms with Gasteiger partial charge in [0.05, 0.1) is 10.0 Å². The second-order valence-electron chi connectivity index (χ2n) is 3.48. The number of hydrogen-bond acceptors (Lipinski definition) is 2. The lowest BCUT2D eigenvalue weighted by Gasteiger charge is -2.06. The number of carbonyl (C=O) groups excluding carboxylic acids is 1. The van der Waals surface area contributed by atoms with Crippen molar-refractivity contribution in [3.05, 3.63) is 57.0 Å². The van der Waals surface area contributed by atoms with Crippen LogP contribution in [0.15, 0.2) is 46.2 Å². The zero-order chi connectivity index (χ0) is 13.1. The van der Waals surface area contributed by atoms with Gasteiger partial charge in [0.15, 0.2) is 6.29 Å². The minimum atomic E-state index is 0.424. The predicted octanol–water partition coefficient (Wildman–Crippen LogP) is 5.61. The van der Waals surface area contributed by atoms with Crippen molar-refractivity contribution in [2.75, 3.05) is 0 Å². The normalized spacial score (nSPS) is 10.4. The van der Waals surface area contributed by atoms with E-state index in [4.69, 9.17) is 34.8 Å². The van der Waals surface area contributed by atoms with Gasteiger partial charge in [-0.15, -0.1) is 0 Å². The van der Waals surface area contributed by atoms with Crippen LogP contribution in [0.4, 0.5) is 0 Å². The molecule has 2 rings (SSSR count). The molecular weight excluding hydrogens is 311 g/mol. The zero-order valence-electron chi connectivity index (χ0n) is 8.99. The van der Waals surface area contributed by atoms with Crippen LogP contribution in [0.1, 0.15) is 10.4 Å². The van der Waals surface area contributed by atoms with Crippen LogP contribution in [0.3, 0.4) is 0 Å². The van der Waals surface area contributed by atoms with Crippen LogP contribution in [-0.4, -0.2) is 6.29 Å². The first kappa shape index (κ1) is 13.8. The lowest BCUT2D eigenvalue weighted by Crippen LogP contribution is -1.83. The van der Waals surface area contributed by atoms with E-state index in [-0.39, 0.29) is 0 Å². The Morgan fingerprint density at radius 2 is 1.72 bits per heavy atom. The van der Waals surface area contributed by atoms with Gasteiger partial charge in [0.1, 0.15) is 0 Å². The van der Waals surface area contributed by atoms with Crippen molar-refractivity contribution in [1.82, 2.24) is 0 Å². The van der Waals surface area contributed by atoms with Gasteiger partial charge < -0.3 is 0 Å². The Balaban J connectivity index is 2.31. The Hall–Kier alpha value is -0.670. The lowest BCUT2D eigenvalue weighted by molar-refractivity contribution is 0.112. The third kappa shape index (κ3) is 3.21. The fourth-order valence-electron chi connectivity index (χ4n) is 1.35. The van der Waals surface area contributed by atoms with Crippen LogP contribution in [-0.2, 0) is 0 Å². The average Bonchev–Trinajstić information content (AvgIpc) is 2.34. The molecule has 0 bridgehead atoms. The maximum atomic E-state index is 10.7. The van der Waals surface area contributed by atoms with Crippen molar-refractivity contribution >= 4 is 52.9 Å². The smallest absolute Gasteiger partial charge is 0.151 e. The molecule has 0 radical (unpaired) electrons. The van der Waals surface area contributed by atoms with Gasteiger partial charge in [-0.1, -0.05) is 46.6 Å². The number of carbonyl (C=O) groups is 1. The van der Waals surface area contributed by atoms with Crippen molar-refractivity contribution in [2.24, 2.45) is 0 Å². The van der Waals surface area contributed by atoms with E-state index in [0.29, 0.717) is 20.6 Å². The summed E-state index contributed by atoms with van der Waals surface area (Å²) in [6.45, 7) is 0. The van der Waals surface area contributed by atoms with Gasteiger partial charge in [0.2, 0.25) is 0 Å². The highest BCUT2D eigenvalue weighted by atomic mass is 35.5. The third-order valence-corrected chi connectivity index (χ3v) is 4.27. The van der Waals surface area contributed by atoms with E-state index in [1.807, 2.05) is 6.07 Å². The Bertz CT molecular complexity index is 599. The topological polar surface area (TPSA) is 17.1 Å². The van der Waals surface area contributed by atoms with Gasteiger partial charge in [-0.3, -0.25) is 4.79 Å². The summed E-state index contributed by atoms with van der Waals surface area (Å²) in [7, 11) is 0. The number of hydrogen-bond donors (Lipinski definition) is 0. The summed E-state index contributed by atoms with van der Waals surface area (Å²) in [6.07, 6.45) is 0.725. The van der Waals surface area contributed by atoms with Gasteiger partial charge in [-0.05, 0) is 36.4 Å². The number of aldehydes is 1. The maximum absolute atomic E-state index is 10.7. The molecule has 0 atom stereocenters. The number of rotatable bonds is 3. The standard InChI is InChI=1S/C13H7Cl3OS/c14-9-2-4-11(15)13(5-9)18-10-3-1-8(7-17)12(16)6-10/h1-7H. The molecule has 0 aliphatic heterocycles. The van der Waals surface area contributed by atoms with E-state index < -0.39 is 0 Å². The molecule has 0 amide bonds. The molecule has 2 aromatic rings. The Morgan fingerprint density at radius 3 is 2.39 bits per heavy atom. The molecule has 0 aliphatic rings. The molecule has 18 heavy (non-hydrogen) atoms. The minimum absolute atomic E-state index is 0.424. The van der Waals surface area contributed by atoms with E-state index >= 15 is 0 Å². The van der Waals surface area contributed by atoms with E-state index in [1.165, 1.54) is 11.8 Å². The van der Waals surface area contributed by atoms with E-state index in [9.17, 15) is 4.79 Å². The molecule has 2 aromatic carbocycles. The van der Waals surface area contributed by atoms with Crippen LogP contribution in [0, 0.1) is 0 Å². The summed E-state index contributed by atoms with van der Waals surface area (Å²) in [5.41, 5.74) is 0.471. The largest absolute Gasteiger partial charge is 0.298 e. The zero-order valence-corrected chi connectivity index (χ0v) is 12.1. The molecule has 0 saturated carbocycles. The molecule has 0 saturated heterocycles. The van der Waals surface area contributed by atoms with Crippen LogP contribution in [0.2, 0.25) is 15.1 Å². The highest BCUT2D eigenvalue weighted by Crippen LogP contribution is 2.36. The van der Waals surface area contributed by atoms with E-state index in [1.54, 1.807) is 30.3 Å². The van der Waals surface area contributed by atoms with Crippen molar-refractivity contribution in [2.45, 2.75) is 9.79 Å². The quantitative estimate of drug-likeness (QED) is 0.684. The van der Waals surface area contributed by atoms with Crippen molar-refractivity contribution in [3.8, 4) is 0 Å². The molecule has 0 aliphatic carbocycles. The van der Waals surface area contributed by atoms with Crippen molar-refractivity contribution in [3.63, 3.8) is 0 Å². The van der Waals surface area contributed by atoms with Crippen LogP contribution < -0.4 is 0 Å². The molecule has 92 valence electrons. The Morgan fingerprint density at radius 1 is 0.944 bits per heavy atom. The summed E-state index contributed by atoms with van der Waals surface area (Å²) < 4.78 is 0. The first-order chi connectivity index (χ1) is 8.60. The second-order valence-corrected chi connectivity index (χ2v) is 5.84. The molecule has 0 spiro atoms. The van der Waals surface area contributed by atoms with Crippen LogP contribution in [0.25, 0.3) is 0 Å². The molecule has 5 heteroatoms. The molecule has 0 aromatic heterocycles. The maximum Gasteiger partial charge on any atom is 0.151 e. The van der Waals surface area contributed by atoms with Crippen LogP contribution in [0.5, 0.6) is 0 Å². The molecule has 1 nitrogen and oxygen atoms in total. The lowest BCUT2D eigenvalue weighted by atomic mass is 10.2. The first-order valence-electron chi connectivity index (χ1n) is 4.98. The highest BCUT2D eigenvalue weighted by molar-refractivity contribution is 7.99. The molecular formula is C13H7Cl3OS. The van der Waals surface area contributed by atoms with E-state index in [2.05, 4.69) is 0 Å². The Kier molecular flexibility index (Phi) is 4.57. The van der Waals surface area contributed by atoms with Crippen molar-refractivity contribution < 1.29 is 4.79 Å². The number of halogens is 3. The molecule has 0 heterocycles. The van der Waals surface area contributed by atoms with Gasteiger partial charge in [0.25, 0.3) is 0 Å². The Labute approximate surface area is 124 Å². The first-order valence-corrected chi connectivity index (χ1v) is 6.93. The van der Waals surface area contributed by atoms with E-state index in [0.717, 1.165) is 16.1 Å². The monoisotopic (exact) mass is 316 g/mol. The van der Waals surface area contributed by atoms with Gasteiger partial charge in [-0.25, -0.2) is 0 Å². The second kappa shape index (κ2) is 5.98. The van der Waals surface area contributed by atoms with Gasteiger partial charge >= 0.3 is 0 Å². The fraction of sp³-hybridized carbons (Fsp3) is 0. The minimum Gasteiger partial charge on any atom is -0.298 e. The van der Waals surface area contributed by atoms with Crippen LogP contribution >= 0.6 is 46.6 Å². The summed E-state index contributed by atoms with van der Waals surface area (Å²) in [4.78, 5) is 12.4. The third-order valence-electron chi connectivity index (χ3n) is 2.22. The fourth-order valence-corrected chi connectivity index (χ4v) is 3.03. The summed E-state index contributed by atoms with van der Waals surface area (Å²) in [5.74, 6) is 0. The molecule has 0 unspecified atom stereocenters. The predicted molar refractivity (Wildman–Crippen MR) is 77.4 cm³/mol. The van der Waals surface area contributed by atoms with Gasteiger partial charge in [0, 0.05) is 20.4 Å². The van der Waals surface area contributed by atoms with Gasteiger partial charge in [-0.2, -0.15) is 0 Å². The highest BCUT2D eigenvalue weighted by Gasteiger charge is 2.06. The number of benzene rings is 2. The molecule has 0 fully saturated rings. The van der Waals surface area contributed by atoms with Crippen molar-refractivity contribution in [1.29, 1.82) is 0 Å². The SMILES string of the molecule is O=Cc1ccc(Sc2cc(Cl)ccc2Cl)cc1Cl.